The molecule has 6 nitrogen and oxygen atoms in total. The van der Waals surface area contributed by atoms with Gasteiger partial charge in [-0.05, 0) is 25.0 Å². The second kappa shape index (κ2) is 6.54. The Morgan fingerprint density at radius 1 is 1.04 bits per heavy atom. The Hall–Kier alpha value is -2.51. The van der Waals surface area contributed by atoms with Crippen LogP contribution in [0.3, 0.4) is 0 Å². The molecule has 0 radical (unpaired) electrons. The van der Waals surface area contributed by atoms with Crippen molar-refractivity contribution in [1.29, 1.82) is 0 Å². The van der Waals surface area contributed by atoms with E-state index in [0.717, 1.165) is 11.2 Å². The van der Waals surface area contributed by atoms with Crippen molar-refractivity contribution in [2.75, 3.05) is 29.4 Å². The monoisotopic (exact) mass is 337 g/mol. The second-order valence-electron chi connectivity index (χ2n) is 5.95. The number of nitrogens with zero attached hydrogens (tertiary/aromatic N) is 2. The molecule has 2 aliphatic heterocycles. The zero-order chi connectivity index (χ0) is 17.3. The highest BCUT2D eigenvalue weighted by atomic mass is 19.2. The third-order valence-electron chi connectivity index (χ3n) is 4.46. The predicted molar refractivity (Wildman–Crippen MR) is 82.9 cm³/mol. The molecule has 0 spiro atoms. The van der Waals surface area contributed by atoms with E-state index in [9.17, 15) is 23.2 Å². The molecule has 1 aromatic carbocycles. The minimum atomic E-state index is -1.12. The molecule has 0 aromatic heterocycles. The second-order valence-corrected chi connectivity index (χ2v) is 5.95. The molecule has 8 heteroatoms. The largest absolute Gasteiger partial charge is 0.369 e. The van der Waals surface area contributed by atoms with Gasteiger partial charge in [0.2, 0.25) is 5.91 Å². The molecule has 0 atom stereocenters. The van der Waals surface area contributed by atoms with Crippen molar-refractivity contribution < 1.29 is 23.2 Å². The summed E-state index contributed by atoms with van der Waals surface area (Å²) in [5, 5.41) is 2.08. The number of halogens is 2. The first-order chi connectivity index (χ1) is 11.5. The fourth-order valence-corrected chi connectivity index (χ4v) is 3.05. The van der Waals surface area contributed by atoms with Gasteiger partial charge in [0, 0.05) is 32.0 Å². The molecule has 2 heterocycles. The van der Waals surface area contributed by atoms with Crippen molar-refractivity contribution in [1.82, 2.24) is 5.32 Å². The summed E-state index contributed by atoms with van der Waals surface area (Å²) < 4.78 is 28.9. The lowest BCUT2D eigenvalue weighted by Crippen LogP contribution is -2.50. The van der Waals surface area contributed by atoms with Crippen LogP contribution in [-0.4, -0.2) is 37.9 Å². The summed E-state index contributed by atoms with van der Waals surface area (Å²) in [4.78, 5) is 36.4. The summed E-state index contributed by atoms with van der Waals surface area (Å²) in [5.41, 5.74) is -0.0712. The number of urea groups is 1. The molecule has 24 heavy (non-hydrogen) atoms. The van der Waals surface area contributed by atoms with Gasteiger partial charge >= 0.3 is 6.03 Å². The summed E-state index contributed by atoms with van der Waals surface area (Å²) in [6, 6.07) is 2.01. The van der Waals surface area contributed by atoms with Gasteiger partial charge in [0.25, 0.3) is 0 Å². The van der Waals surface area contributed by atoms with Gasteiger partial charge in [-0.1, -0.05) is 0 Å². The number of carbonyl (C=O) groups excluding carboxylic acids is 3. The van der Waals surface area contributed by atoms with Crippen LogP contribution in [0.1, 0.15) is 19.3 Å². The van der Waals surface area contributed by atoms with Gasteiger partial charge in [0.05, 0.1) is 11.4 Å². The lowest BCUT2D eigenvalue weighted by atomic mass is 9.98. The first-order valence-corrected chi connectivity index (χ1v) is 7.81. The first kappa shape index (κ1) is 16.4. The Morgan fingerprint density at radius 2 is 1.67 bits per heavy atom. The maximum Gasteiger partial charge on any atom is 0.328 e. The Morgan fingerprint density at radius 3 is 2.29 bits per heavy atom. The summed E-state index contributed by atoms with van der Waals surface area (Å²) in [6.07, 6.45) is 2.13. The molecule has 0 bridgehead atoms. The molecule has 1 N–H and O–H groups in total. The molecule has 3 rings (SSSR count). The van der Waals surface area contributed by atoms with Gasteiger partial charge in [-0.2, -0.15) is 0 Å². The highest BCUT2D eigenvalue weighted by molar-refractivity contribution is 6.05. The number of piperidine rings is 1. The Bertz CT molecular complexity index is 687. The van der Waals surface area contributed by atoms with E-state index in [0.29, 0.717) is 25.9 Å². The standard InChI is InChI=1S/C16H17F2N3O3/c17-14-11(20-6-3-10(9-22)4-7-20)1-2-12(15(14)18)21-8-5-13(23)19-16(21)24/h1-2,9-10H,3-8H2,(H,19,23,24). The van der Waals surface area contributed by atoms with E-state index in [-0.39, 0.29) is 30.3 Å². The third kappa shape index (κ3) is 2.95. The van der Waals surface area contributed by atoms with Gasteiger partial charge in [-0.25, -0.2) is 13.6 Å². The van der Waals surface area contributed by atoms with Gasteiger partial charge < -0.3 is 9.69 Å². The lowest BCUT2D eigenvalue weighted by molar-refractivity contribution is -0.120. The average Bonchev–Trinajstić information content (AvgIpc) is 2.58. The van der Waals surface area contributed by atoms with E-state index < -0.39 is 23.6 Å². The van der Waals surface area contributed by atoms with Crippen LogP contribution in [0.4, 0.5) is 25.0 Å². The highest BCUT2D eigenvalue weighted by Crippen LogP contribution is 2.32. The Kier molecular flexibility index (Phi) is 4.46. The van der Waals surface area contributed by atoms with Crippen molar-refractivity contribution in [3.05, 3.63) is 23.8 Å². The van der Waals surface area contributed by atoms with Gasteiger partial charge in [0.1, 0.15) is 6.29 Å². The van der Waals surface area contributed by atoms with Crippen LogP contribution in [0, 0.1) is 17.6 Å². The van der Waals surface area contributed by atoms with Crippen LogP contribution >= 0.6 is 0 Å². The van der Waals surface area contributed by atoms with Crippen LogP contribution in [-0.2, 0) is 9.59 Å². The van der Waals surface area contributed by atoms with Crippen LogP contribution in [0.2, 0.25) is 0 Å². The molecule has 2 aliphatic rings. The van der Waals surface area contributed by atoms with E-state index in [2.05, 4.69) is 5.32 Å². The zero-order valence-electron chi connectivity index (χ0n) is 12.9. The number of hydrogen-bond acceptors (Lipinski definition) is 4. The van der Waals surface area contributed by atoms with E-state index in [1.165, 1.54) is 12.1 Å². The summed E-state index contributed by atoms with van der Waals surface area (Å²) in [6.45, 7) is 0.945. The average molecular weight is 337 g/mol. The van der Waals surface area contributed by atoms with Crippen molar-refractivity contribution in [3.63, 3.8) is 0 Å². The number of hydrogen-bond donors (Lipinski definition) is 1. The van der Waals surface area contributed by atoms with Crippen LogP contribution in [0.5, 0.6) is 0 Å². The smallest absolute Gasteiger partial charge is 0.328 e. The summed E-state index contributed by atoms with van der Waals surface area (Å²) in [7, 11) is 0. The molecule has 0 saturated carbocycles. The van der Waals surface area contributed by atoms with Crippen molar-refractivity contribution >= 4 is 29.6 Å². The van der Waals surface area contributed by atoms with Crippen LogP contribution in [0.15, 0.2) is 12.1 Å². The normalized spacial score (nSPS) is 19.4. The molecular formula is C16H17F2N3O3. The number of amides is 3. The minimum absolute atomic E-state index is 0.00506. The fourth-order valence-electron chi connectivity index (χ4n) is 3.05. The molecule has 0 unspecified atom stereocenters. The Balaban J connectivity index is 1.83. The van der Waals surface area contributed by atoms with Gasteiger partial charge in [0.15, 0.2) is 11.6 Å². The quantitative estimate of drug-likeness (QED) is 0.855. The fraction of sp³-hybridized carbons (Fsp3) is 0.438. The molecule has 128 valence electrons. The first-order valence-electron chi connectivity index (χ1n) is 7.81. The molecule has 1 aromatic rings. The molecule has 2 saturated heterocycles. The Labute approximate surface area is 137 Å². The van der Waals surface area contributed by atoms with E-state index >= 15 is 0 Å². The molecule has 3 amide bonds. The third-order valence-corrected chi connectivity index (χ3v) is 4.46. The molecule has 0 aliphatic carbocycles. The maximum atomic E-state index is 14.5. The number of carbonyl (C=O) groups is 3. The molecular weight excluding hydrogens is 320 g/mol. The van der Waals surface area contributed by atoms with Crippen LogP contribution < -0.4 is 15.1 Å². The number of benzene rings is 1. The summed E-state index contributed by atoms with van der Waals surface area (Å²) >= 11 is 0. The maximum absolute atomic E-state index is 14.5. The number of anilines is 2. The van der Waals surface area contributed by atoms with Crippen molar-refractivity contribution in [2.45, 2.75) is 19.3 Å². The number of nitrogens with one attached hydrogen (secondary N) is 1. The lowest BCUT2D eigenvalue weighted by Gasteiger charge is -2.33. The zero-order valence-corrected chi connectivity index (χ0v) is 12.9. The van der Waals surface area contributed by atoms with Crippen LogP contribution in [0.25, 0.3) is 0 Å². The van der Waals surface area contributed by atoms with Gasteiger partial charge in [-0.15, -0.1) is 0 Å². The number of aldehydes is 1. The van der Waals surface area contributed by atoms with Crippen molar-refractivity contribution in [2.24, 2.45) is 5.92 Å². The van der Waals surface area contributed by atoms with E-state index in [4.69, 9.17) is 0 Å². The minimum Gasteiger partial charge on any atom is -0.369 e. The molecule has 2 fully saturated rings. The van der Waals surface area contributed by atoms with E-state index in [1.54, 1.807) is 4.90 Å². The predicted octanol–water partition coefficient (Wildman–Crippen LogP) is 1.83. The number of imide groups is 1. The summed E-state index contributed by atoms with van der Waals surface area (Å²) in [5.74, 6) is -2.62. The topological polar surface area (TPSA) is 69.7 Å². The van der Waals surface area contributed by atoms with E-state index in [1.807, 2.05) is 0 Å². The SMILES string of the molecule is O=CC1CCN(c2ccc(N3CCC(=O)NC3=O)c(F)c2F)CC1. The number of rotatable bonds is 3. The van der Waals surface area contributed by atoms with Crippen molar-refractivity contribution in [3.8, 4) is 0 Å². The van der Waals surface area contributed by atoms with Gasteiger partial charge in [-0.3, -0.25) is 15.0 Å². The highest BCUT2D eigenvalue weighted by Gasteiger charge is 2.29.